The third-order valence-corrected chi connectivity index (χ3v) is 2.39. The summed E-state index contributed by atoms with van der Waals surface area (Å²) in [5, 5.41) is 2.49. The van der Waals surface area contributed by atoms with Crippen LogP contribution in [0.25, 0.3) is 11.0 Å². The summed E-state index contributed by atoms with van der Waals surface area (Å²) < 4.78 is 5.70. The Bertz CT molecular complexity index is 683. The molecule has 0 spiro atoms. The van der Waals surface area contributed by atoms with Crippen LogP contribution in [0.4, 0.5) is 4.79 Å². The quantitative estimate of drug-likeness (QED) is 0.799. The van der Waals surface area contributed by atoms with E-state index in [9.17, 15) is 14.4 Å². The van der Waals surface area contributed by atoms with Gasteiger partial charge in [-0.3, -0.25) is 14.7 Å². The molecule has 0 radical (unpaired) electrons. The van der Waals surface area contributed by atoms with Crippen LogP contribution in [-0.2, 0) is 4.74 Å². The van der Waals surface area contributed by atoms with Gasteiger partial charge in [0.15, 0.2) is 11.4 Å². The van der Waals surface area contributed by atoms with Crippen LogP contribution in [0.5, 0.6) is 0 Å². The number of aromatic amines is 1. The Morgan fingerprint density at radius 2 is 2.22 bits per heavy atom. The van der Waals surface area contributed by atoms with Crippen molar-refractivity contribution in [1.29, 1.82) is 0 Å². The summed E-state index contributed by atoms with van der Waals surface area (Å²) >= 11 is 0. The van der Waals surface area contributed by atoms with E-state index in [4.69, 9.17) is 4.74 Å². The molecule has 7 nitrogen and oxygen atoms in total. The molecule has 0 fully saturated rings. The van der Waals surface area contributed by atoms with Crippen LogP contribution in [-0.4, -0.2) is 33.2 Å². The van der Waals surface area contributed by atoms with Gasteiger partial charge in [-0.1, -0.05) is 0 Å². The van der Waals surface area contributed by atoms with Crippen molar-refractivity contribution in [2.75, 3.05) is 6.61 Å². The molecule has 0 aliphatic heterocycles. The van der Waals surface area contributed by atoms with Crippen molar-refractivity contribution in [3.63, 3.8) is 0 Å². The van der Waals surface area contributed by atoms with Gasteiger partial charge in [-0.2, -0.15) is 4.68 Å². The third kappa shape index (κ3) is 1.90. The van der Waals surface area contributed by atoms with E-state index in [1.807, 2.05) is 0 Å². The molecule has 0 atom stereocenters. The first-order chi connectivity index (χ1) is 8.54. The van der Waals surface area contributed by atoms with E-state index >= 15 is 0 Å². The highest BCUT2D eigenvalue weighted by atomic mass is 16.6. The summed E-state index contributed by atoms with van der Waals surface area (Å²) in [5.41, 5.74) is -0.0355. The second kappa shape index (κ2) is 4.44. The predicted octanol–water partition coefficient (Wildman–Crippen LogP) is 0.932. The minimum atomic E-state index is -0.715. The maximum atomic E-state index is 11.6. The molecule has 18 heavy (non-hydrogen) atoms. The number of pyridine rings is 1. The van der Waals surface area contributed by atoms with Crippen LogP contribution < -0.4 is 5.56 Å². The Balaban J connectivity index is 2.63. The number of nitrogens with one attached hydrogen (secondary N) is 1. The largest absolute Gasteiger partial charge is 0.448 e. The number of carbonyl (C=O) groups excluding carboxylic acids is 2. The zero-order chi connectivity index (χ0) is 13.3. The molecule has 7 heteroatoms. The summed E-state index contributed by atoms with van der Waals surface area (Å²) in [7, 11) is 0. The smallest absolute Gasteiger partial charge is 0.434 e. The van der Waals surface area contributed by atoms with Gasteiger partial charge in [0.2, 0.25) is 0 Å². The fourth-order valence-electron chi connectivity index (χ4n) is 1.53. The maximum absolute atomic E-state index is 11.6. The van der Waals surface area contributed by atoms with Crippen LogP contribution >= 0.6 is 0 Å². The molecule has 0 aliphatic rings. The predicted molar refractivity (Wildman–Crippen MR) is 62.8 cm³/mol. The second-order valence-electron chi connectivity index (χ2n) is 3.63. The minimum absolute atomic E-state index is 0.142. The topological polar surface area (TPSA) is 94.0 Å². The molecular formula is C11H11N3O4. The van der Waals surface area contributed by atoms with Crippen molar-refractivity contribution in [2.24, 2.45) is 0 Å². The lowest BCUT2D eigenvalue weighted by Crippen LogP contribution is -2.17. The van der Waals surface area contributed by atoms with Gasteiger partial charge in [0.25, 0.3) is 5.56 Å². The maximum Gasteiger partial charge on any atom is 0.434 e. The molecular weight excluding hydrogens is 238 g/mol. The monoisotopic (exact) mass is 249 g/mol. The van der Waals surface area contributed by atoms with Crippen molar-refractivity contribution in [3.05, 3.63) is 28.2 Å². The van der Waals surface area contributed by atoms with Gasteiger partial charge in [-0.05, 0) is 19.9 Å². The molecule has 1 N–H and O–H groups in total. The molecule has 94 valence electrons. The Morgan fingerprint density at radius 3 is 2.83 bits per heavy atom. The number of aromatic nitrogens is 3. The highest BCUT2D eigenvalue weighted by molar-refractivity contribution is 5.97. The Morgan fingerprint density at radius 1 is 1.50 bits per heavy atom. The number of ketones is 1. The van der Waals surface area contributed by atoms with Crippen LogP contribution in [0, 0.1) is 0 Å². The van der Waals surface area contributed by atoms with Crippen LogP contribution in [0.15, 0.2) is 17.1 Å². The van der Waals surface area contributed by atoms with Gasteiger partial charge >= 0.3 is 6.09 Å². The lowest BCUT2D eigenvalue weighted by Gasteiger charge is -2.02. The van der Waals surface area contributed by atoms with Crippen molar-refractivity contribution in [3.8, 4) is 0 Å². The number of rotatable bonds is 2. The number of fused-ring (bicyclic) bond motifs is 1. The van der Waals surface area contributed by atoms with Crippen molar-refractivity contribution >= 4 is 22.9 Å². The van der Waals surface area contributed by atoms with Gasteiger partial charge < -0.3 is 4.74 Å². The van der Waals surface area contributed by atoms with E-state index in [0.717, 1.165) is 4.68 Å². The molecule has 0 bridgehead atoms. The molecule has 2 aromatic heterocycles. The molecule has 0 amide bonds. The van der Waals surface area contributed by atoms with Gasteiger partial charge in [0.05, 0.1) is 12.0 Å². The third-order valence-electron chi connectivity index (χ3n) is 2.39. The molecule has 2 heterocycles. The number of hydrogen-bond donors (Lipinski definition) is 1. The van der Waals surface area contributed by atoms with E-state index in [0.29, 0.717) is 5.56 Å². The minimum Gasteiger partial charge on any atom is -0.448 e. The first-order valence-electron chi connectivity index (χ1n) is 5.33. The average molecular weight is 249 g/mol. The zero-order valence-electron chi connectivity index (χ0n) is 9.89. The molecule has 0 saturated heterocycles. The van der Waals surface area contributed by atoms with Gasteiger partial charge in [0, 0.05) is 11.8 Å². The van der Waals surface area contributed by atoms with E-state index in [2.05, 4.69) is 10.1 Å². The van der Waals surface area contributed by atoms with Crippen LogP contribution in [0.2, 0.25) is 0 Å². The lowest BCUT2D eigenvalue weighted by molar-refractivity contribution is 0.101. The van der Waals surface area contributed by atoms with Gasteiger partial charge in [0.1, 0.15) is 0 Å². The van der Waals surface area contributed by atoms with E-state index in [-0.39, 0.29) is 23.4 Å². The van der Waals surface area contributed by atoms with Crippen LogP contribution in [0.3, 0.4) is 0 Å². The number of nitrogens with zero attached hydrogens (tertiary/aromatic N) is 2. The normalized spacial score (nSPS) is 10.6. The first-order valence-corrected chi connectivity index (χ1v) is 5.33. The molecule has 2 rings (SSSR count). The van der Waals surface area contributed by atoms with Crippen LogP contribution in [0.1, 0.15) is 24.2 Å². The summed E-state index contributed by atoms with van der Waals surface area (Å²) in [6.45, 7) is 3.22. The van der Waals surface area contributed by atoms with E-state index < -0.39 is 11.7 Å². The SMILES string of the molecule is CCOC(=O)n1[nH]c(=O)c2cc(C(C)=O)cnc21. The second-order valence-corrected chi connectivity index (χ2v) is 3.63. The summed E-state index contributed by atoms with van der Waals surface area (Å²) in [6.07, 6.45) is 0.598. The van der Waals surface area contributed by atoms with Crippen molar-refractivity contribution in [1.82, 2.24) is 14.8 Å². The van der Waals surface area contributed by atoms with Gasteiger partial charge in [-0.15, -0.1) is 0 Å². The molecule has 0 aliphatic carbocycles. The van der Waals surface area contributed by atoms with E-state index in [1.165, 1.54) is 19.2 Å². The summed E-state index contributed by atoms with van der Waals surface area (Å²) in [4.78, 5) is 38.3. The highest BCUT2D eigenvalue weighted by Gasteiger charge is 2.15. The number of carbonyl (C=O) groups is 2. The average Bonchev–Trinajstić information content (AvgIpc) is 2.67. The van der Waals surface area contributed by atoms with Gasteiger partial charge in [-0.25, -0.2) is 9.78 Å². The fraction of sp³-hybridized carbons (Fsp3) is 0.273. The number of H-pyrrole nitrogens is 1. The Hall–Kier alpha value is -2.44. The molecule has 0 aromatic carbocycles. The zero-order valence-corrected chi connectivity index (χ0v) is 9.89. The Kier molecular flexibility index (Phi) is 2.97. The van der Waals surface area contributed by atoms with Crippen molar-refractivity contribution < 1.29 is 14.3 Å². The number of hydrogen-bond acceptors (Lipinski definition) is 5. The summed E-state index contributed by atoms with van der Waals surface area (Å²) in [5.74, 6) is -0.201. The number of Topliss-reactive ketones (excluding diaryl/α,β-unsaturated/α-hetero) is 1. The summed E-state index contributed by atoms with van der Waals surface area (Å²) in [6, 6.07) is 1.40. The lowest BCUT2D eigenvalue weighted by atomic mass is 10.2. The fourth-order valence-corrected chi connectivity index (χ4v) is 1.53. The molecule has 0 unspecified atom stereocenters. The first kappa shape index (κ1) is 12.0. The van der Waals surface area contributed by atoms with E-state index in [1.54, 1.807) is 6.92 Å². The Labute approximate surface area is 101 Å². The molecule has 0 saturated carbocycles. The standard InChI is InChI=1S/C11H11N3O4/c1-3-18-11(17)14-9-8(10(16)13-14)4-7(5-12-9)6(2)15/h4-5H,3H2,1-2H3,(H,13,16). The van der Waals surface area contributed by atoms with Crippen molar-refractivity contribution in [2.45, 2.75) is 13.8 Å². The highest BCUT2D eigenvalue weighted by Crippen LogP contribution is 2.10. The number of ether oxygens (including phenoxy) is 1. The molecule has 2 aromatic rings.